The molecule has 1 heterocycles. The minimum absolute atomic E-state index is 0.102. The van der Waals surface area contributed by atoms with Crippen molar-refractivity contribution in [3.8, 4) is 17.6 Å². The van der Waals surface area contributed by atoms with Crippen LogP contribution in [0.3, 0.4) is 0 Å². The van der Waals surface area contributed by atoms with Crippen LogP contribution in [0.2, 0.25) is 0 Å². The largest absolute Gasteiger partial charge is 0.462 e. The average molecular weight is 288 g/mol. The normalized spacial score (nSPS) is 15.2. The van der Waals surface area contributed by atoms with E-state index in [1.807, 2.05) is 13.8 Å². The number of nitrogens with zero attached hydrogens (tertiary/aromatic N) is 1. The van der Waals surface area contributed by atoms with E-state index >= 15 is 0 Å². The van der Waals surface area contributed by atoms with Gasteiger partial charge in [-0.15, -0.1) is 0 Å². The van der Waals surface area contributed by atoms with Gasteiger partial charge in [-0.1, -0.05) is 0 Å². The van der Waals surface area contributed by atoms with Gasteiger partial charge in [-0.2, -0.15) is 5.26 Å². The number of rotatable bonds is 4. The lowest BCUT2D eigenvalue weighted by Gasteiger charge is -2.16. The highest BCUT2D eigenvalue weighted by atomic mass is 16.7. The van der Waals surface area contributed by atoms with Crippen LogP contribution >= 0.6 is 0 Å². The molecule has 0 fully saturated rings. The van der Waals surface area contributed by atoms with Crippen LogP contribution in [0.4, 0.5) is 5.69 Å². The smallest absolute Gasteiger partial charge is 0.350 e. The predicted molar refractivity (Wildman–Crippen MR) is 75.7 cm³/mol. The molecule has 0 spiro atoms. The van der Waals surface area contributed by atoms with Crippen LogP contribution in [0, 0.1) is 11.3 Å². The van der Waals surface area contributed by atoms with Crippen molar-refractivity contribution in [2.24, 2.45) is 0 Å². The van der Waals surface area contributed by atoms with E-state index in [1.165, 1.54) is 6.20 Å². The molecule has 0 saturated carbocycles. The quantitative estimate of drug-likeness (QED) is 0.521. The number of benzene rings is 1. The van der Waals surface area contributed by atoms with Gasteiger partial charge in [-0.3, -0.25) is 0 Å². The predicted octanol–water partition coefficient (Wildman–Crippen LogP) is 2.58. The highest BCUT2D eigenvalue weighted by molar-refractivity contribution is 5.93. The van der Waals surface area contributed by atoms with Crippen molar-refractivity contribution in [3.63, 3.8) is 0 Å². The van der Waals surface area contributed by atoms with Gasteiger partial charge in [0.2, 0.25) is 5.79 Å². The third-order valence-corrected chi connectivity index (χ3v) is 2.65. The Kier molecular flexibility index (Phi) is 4.03. The zero-order chi connectivity index (χ0) is 15.5. The topological polar surface area (TPSA) is 80.6 Å². The van der Waals surface area contributed by atoms with E-state index < -0.39 is 11.8 Å². The van der Waals surface area contributed by atoms with Gasteiger partial charge in [0.25, 0.3) is 0 Å². The van der Waals surface area contributed by atoms with E-state index in [0.717, 1.165) is 0 Å². The average Bonchev–Trinajstić information content (AvgIpc) is 2.72. The SMILES string of the molecule is CCOC(=O)C(C#N)=CNc1ccc2c(c1)OC(C)(C)O2. The van der Waals surface area contributed by atoms with E-state index in [9.17, 15) is 4.79 Å². The summed E-state index contributed by atoms with van der Waals surface area (Å²) in [4.78, 5) is 11.5. The number of nitriles is 1. The van der Waals surface area contributed by atoms with Gasteiger partial charge in [0.1, 0.15) is 6.07 Å². The van der Waals surface area contributed by atoms with Gasteiger partial charge in [0.05, 0.1) is 6.61 Å². The van der Waals surface area contributed by atoms with Crippen molar-refractivity contribution in [1.82, 2.24) is 0 Å². The summed E-state index contributed by atoms with van der Waals surface area (Å²) in [5.41, 5.74) is 0.571. The first-order valence-electron chi connectivity index (χ1n) is 6.51. The number of fused-ring (bicyclic) bond motifs is 1. The molecule has 1 aromatic carbocycles. The number of hydrogen-bond acceptors (Lipinski definition) is 6. The van der Waals surface area contributed by atoms with Crippen LogP contribution in [0.25, 0.3) is 0 Å². The summed E-state index contributed by atoms with van der Waals surface area (Å²) >= 11 is 0. The lowest BCUT2D eigenvalue weighted by atomic mass is 10.2. The Morgan fingerprint density at radius 3 is 2.81 bits per heavy atom. The Bertz CT molecular complexity index is 629. The van der Waals surface area contributed by atoms with E-state index in [2.05, 4.69) is 5.32 Å². The van der Waals surface area contributed by atoms with E-state index in [1.54, 1.807) is 31.2 Å². The molecule has 2 rings (SSSR count). The fraction of sp³-hybridized carbons (Fsp3) is 0.333. The van der Waals surface area contributed by atoms with E-state index in [-0.39, 0.29) is 12.2 Å². The molecule has 0 aromatic heterocycles. The van der Waals surface area contributed by atoms with Crippen molar-refractivity contribution < 1.29 is 19.0 Å². The minimum Gasteiger partial charge on any atom is -0.462 e. The van der Waals surface area contributed by atoms with Gasteiger partial charge in [-0.05, 0) is 19.1 Å². The van der Waals surface area contributed by atoms with Crippen molar-refractivity contribution in [2.75, 3.05) is 11.9 Å². The molecule has 6 heteroatoms. The summed E-state index contributed by atoms with van der Waals surface area (Å²) in [7, 11) is 0. The summed E-state index contributed by atoms with van der Waals surface area (Å²) in [6.45, 7) is 5.53. The van der Waals surface area contributed by atoms with Gasteiger partial charge in [0.15, 0.2) is 17.1 Å². The van der Waals surface area contributed by atoms with E-state index in [4.69, 9.17) is 19.5 Å². The van der Waals surface area contributed by atoms with Crippen molar-refractivity contribution in [3.05, 3.63) is 30.0 Å². The number of anilines is 1. The van der Waals surface area contributed by atoms with Crippen molar-refractivity contribution >= 4 is 11.7 Å². The van der Waals surface area contributed by atoms with Gasteiger partial charge in [0, 0.05) is 31.8 Å². The Morgan fingerprint density at radius 1 is 1.43 bits per heavy atom. The fourth-order valence-electron chi connectivity index (χ4n) is 1.81. The van der Waals surface area contributed by atoms with Crippen LogP contribution in [0.5, 0.6) is 11.5 Å². The monoisotopic (exact) mass is 288 g/mol. The van der Waals surface area contributed by atoms with E-state index in [0.29, 0.717) is 17.2 Å². The molecule has 1 aliphatic heterocycles. The zero-order valence-electron chi connectivity index (χ0n) is 12.1. The molecule has 0 saturated heterocycles. The highest BCUT2D eigenvalue weighted by Gasteiger charge is 2.31. The summed E-state index contributed by atoms with van der Waals surface area (Å²) < 4.78 is 16.0. The fourth-order valence-corrected chi connectivity index (χ4v) is 1.81. The summed E-state index contributed by atoms with van der Waals surface area (Å²) in [6, 6.07) is 7.05. The number of ether oxygens (including phenoxy) is 3. The maximum atomic E-state index is 11.5. The first kappa shape index (κ1) is 14.7. The number of esters is 1. The van der Waals surface area contributed by atoms with Gasteiger partial charge in [-0.25, -0.2) is 4.79 Å². The van der Waals surface area contributed by atoms with Crippen LogP contribution in [-0.2, 0) is 9.53 Å². The molecule has 0 aliphatic carbocycles. The Hall–Kier alpha value is -2.68. The molecule has 0 bridgehead atoms. The maximum Gasteiger partial charge on any atom is 0.350 e. The summed E-state index contributed by atoms with van der Waals surface area (Å²) in [5.74, 6) is -0.0950. The van der Waals surface area contributed by atoms with Crippen LogP contribution in [-0.4, -0.2) is 18.4 Å². The standard InChI is InChI=1S/C15H16N2O4/c1-4-19-14(18)10(8-16)9-17-11-5-6-12-13(7-11)21-15(2,3)20-12/h5-7,9,17H,4H2,1-3H3. The van der Waals surface area contributed by atoms with Crippen LogP contribution in [0.1, 0.15) is 20.8 Å². The molecular formula is C15H16N2O4. The molecule has 1 aliphatic rings. The zero-order valence-corrected chi connectivity index (χ0v) is 12.1. The Morgan fingerprint density at radius 2 is 2.14 bits per heavy atom. The molecule has 0 amide bonds. The minimum atomic E-state index is -0.695. The molecule has 21 heavy (non-hydrogen) atoms. The lowest BCUT2D eigenvalue weighted by molar-refractivity contribution is -0.138. The van der Waals surface area contributed by atoms with Gasteiger partial charge < -0.3 is 19.5 Å². The molecular weight excluding hydrogens is 272 g/mol. The van der Waals surface area contributed by atoms with Gasteiger partial charge >= 0.3 is 5.97 Å². The summed E-state index contributed by atoms with van der Waals surface area (Å²) in [6.07, 6.45) is 1.31. The number of hydrogen-bond donors (Lipinski definition) is 1. The molecule has 110 valence electrons. The molecule has 0 unspecified atom stereocenters. The van der Waals surface area contributed by atoms with Crippen LogP contribution in [0.15, 0.2) is 30.0 Å². The second kappa shape index (κ2) is 5.75. The Balaban J connectivity index is 2.12. The second-order valence-electron chi connectivity index (χ2n) is 4.80. The lowest BCUT2D eigenvalue weighted by Crippen LogP contribution is -2.29. The summed E-state index contributed by atoms with van der Waals surface area (Å²) in [5, 5.41) is 11.8. The maximum absolute atomic E-state index is 11.5. The molecule has 0 atom stereocenters. The molecule has 1 aromatic rings. The number of nitrogens with one attached hydrogen (secondary N) is 1. The highest BCUT2D eigenvalue weighted by Crippen LogP contribution is 2.40. The third kappa shape index (κ3) is 3.45. The second-order valence-corrected chi connectivity index (χ2v) is 4.80. The van der Waals surface area contributed by atoms with Crippen LogP contribution < -0.4 is 14.8 Å². The third-order valence-electron chi connectivity index (χ3n) is 2.65. The van der Waals surface area contributed by atoms with Crippen molar-refractivity contribution in [2.45, 2.75) is 26.6 Å². The number of carbonyl (C=O) groups is 1. The first-order chi connectivity index (χ1) is 9.95. The molecule has 6 nitrogen and oxygen atoms in total. The number of carbonyl (C=O) groups excluding carboxylic acids is 1. The molecule has 1 N–H and O–H groups in total. The molecule has 0 radical (unpaired) electrons. The van der Waals surface area contributed by atoms with Crippen molar-refractivity contribution in [1.29, 1.82) is 5.26 Å². The Labute approximate surface area is 122 Å². The first-order valence-corrected chi connectivity index (χ1v) is 6.51.